The van der Waals surface area contributed by atoms with E-state index in [1.54, 1.807) is 6.07 Å². The summed E-state index contributed by atoms with van der Waals surface area (Å²) in [6.45, 7) is 5.41. The lowest BCUT2D eigenvalue weighted by atomic mass is 10.1. The quantitative estimate of drug-likeness (QED) is 0.590. The average molecular weight is 422 g/mol. The van der Waals surface area contributed by atoms with Crippen LogP contribution in [0.15, 0.2) is 22.5 Å². The van der Waals surface area contributed by atoms with Crippen molar-refractivity contribution in [1.82, 2.24) is 15.5 Å². The van der Waals surface area contributed by atoms with Crippen LogP contribution >= 0.6 is 23.1 Å². The van der Waals surface area contributed by atoms with Gasteiger partial charge < -0.3 is 15.4 Å². The molecular formula is C18H23N5O3S2. The summed E-state index contributed by atoms with van der Waals surface area (Å²) in [5.41, 5.74) is 2.72. The van der Waals surface area contributed by atoms with Gasteiger partial charge in [-0.05, 0) is 43.9 Å². The third-order valence-electron chi connectivity index (χ3n) is 4.34. The lowest BCUT2D eigenvalue weighted by molar-refractivity contribution is -0.117. The zero-order chi connectivity index (χ0) is 19.9. The third kappa shape index (κ3) is 5.91. The Morgan fingerprint density at radius 1 is 1.32 bits per heavy atom. The maximum Gasteiger partial charge on any atom is 0.325 e. The summed E-state index contributed by atoms with van der Waals surface area (Å²) in [6, 6.07) is 5.07. The highest BCUT2D eigenvalue weighted by Gasteiger charge is 2.16. The number of aryl methyl sites for hydroxylation is 1. The summed E-state index contributed by atoms with van der Waals surface area (Å²) in [5.74, 6) is -0.308. The summed E-state index contributed by atoms with van der Waals surface area (Å²) in [6.07, 6.45) is 2.37. The Hall–Kier alpha value is -2.17. The van der Waals surface area contributed by atoms with Gasteiger partial charge in [0, 0.05) is 18.8 Å². The molecule has 1 fully saturated rings. The van der Waals surface area contributed by atoms with Crippen molar-refractivity contribution in [3.63, 3.8) is 0 Å². The molecule has 1 aromatic heterocycles. The molecule has 0 bridgehead atoms. The largest absolute Gasteiger partial charge is 0.376 e. The van der Waals surface area contributed by atoms with Crippen molar-refractivity contribution in [3.8, 4) is 0 Å². The van der Waals surface area contributed by atoms with Crippen molar-refractivity contribution in [2.24, 2.45) is 0 Å². The lowest BCUT2D eigenvalue weighted by Crippen LogP contribution is -2.35. The number of benzene rings is 1. The number of rotatable bonds is 7. The number of anilines is 2. The molecule has 0 unspecified atom stereocenters. The molecule has 10 heteroatoms. The number of carbonyl (C=O) groups is 2. The summed E-state index contributed by atoms with van der Waals surface area (Å²) >= 11 is 2.62. The highest BCUT2D eigenvalue weighted by molar-refractivity contribution is 8.01. The Morgan fingerprint density at radius 3 is 2.96 bits per heavy atom. The first-order valence-electron chi connectivity index (χ1n) is 9.00. The molecule has 1 atom stereocenters. The molecular weight excluding hydrogens is 398 g/mol. The van der Waals surface area contributed by atoms with Gasteiger partial charge in [-0.25, -0.2) is 4.79 Å². The zero-order valence-corrected chi connectivity index (χ0v) is 17.4. The number of urea groups is 1. The predicted octanol–water partition coefficient (Wildman–Crippen LogP) is 3.19. The van der Waals surface area contributed by atoms with Crippen LogP contribution in [0.5, 0.6) is 0 Å². The maximum atomic E-state index is 12.0. The fraction of sp³-hybridized carbons (Fsp3) is 0.444. The molecule has 3 amide bonds. The Kier molecular flexibility index (Phi) is 7.24. The normalized spacial score (nSPS) is 16.0. The summed E-state index contributed by atoms with van der Waals surface area (Å²) in [7, 11) is 0. The van der Waals surface area contributed by atoms with Crippen LogP contribution in [0.25, 0.3) is 0 Å². The molecule has 150 valence electrons. The van der Waals surface area contributed by atoms with Gasteiger partial charge in [-0.3, -0.25) is 10.1 Å². The van der Waals surface area contributed by atoms with Crippen LogP contribution in [-0.2, 0) is 9.53 Å². The molecule has 2 heterocycles. The van der Waals surface area contributed by atoms with Gasteiger partial charge in [0.2, 0.25) is 11.0 Å². The molecule has 3 rings (SSSR count). The van der Waals surface area contributed by atoms with Crippen LogP contribution in [-0.4, -0.2) is 47.1 Å². The average Bonchev–Trinajstić information content (AvgIpc) is 3.33. The van der Waals surface area contributed by atoms with Gasteiger partial charge in [-0.2, -0.15) is 0 Å². The Labute approximate surface area is 171 Å². The monoisotopic (exact) mass is 421 g/mol. The number of nitrogens with zero attached hydrogens (tertiary/aromatic N) is 2. The highest BCUT2D eigenvalue weighted by Crippen LogP contribution is 2.25. The van der Waals surface area contributed by atoms with Gasteiger partial charge in [-0.1, -0.05) is 35.2 Å². The number of hydrogen-bond acceptors (Lipinski definition) is 8. The van der Waals surface area contributed by atoms with E-state index in [9.17, 15) is 9.59 Å². The van der Waals surface area contributed by atoms with E-state index < -0.39 is 11.9 Å². The van der Waals surface area contributed by atoms with Crippen molar-refractivity contribution in [2.75, 3.05) is 29.5 Å². The standard InChI is InChI=1S/C18H23N5O3S2/c1-11-5-3-7-14(12(11)2)20-16(25)21-15(24)10-27-18-23-22-17(28-18)19-9-13-6-4-8-26-13/h3,5,7,13H,4,6,8-10H2,1-2H3,(H,19,22)(H2,20,21,24,25)/t13-/m1/s1. The number of nitrogens with one attached hydrogen (secondary N) is 3. The number of aromatic nitrogens is 2. The van der Waals surface area contributed by atoms with E-state index in [0.29, 0.717) is 21.7 Å². The van der Waals surface area contributed by atoms with Gasteiger partial charge >= 0.3 is 6.03 Å². The first kappa shape index (κ1) is 20.6. The minimum Gasteiger partial charge on any atom is -0.376 e. The zero-order valence-electron chi connectivity index (χ0n) is 15.8. The van der Waals surface area contributed by atoms with E-state index >= 15 is 0 Å². The molecule has 1 aromatic carbocycles. The summed E-state index contributed by atoms with van der Waals surface area (Å²) < 4.78 is 6.22. The number of amides is 3. The van der Waals surface area contributed by atoms with E-state index in [1.165, 1.54) is 23.1 Å². The van der Waals surface area contributed by atoms with Gasteiger partial charge in [0.1, 0.15) is 0 Å². The lowest BCUT2D eigenvalue weighted by Gasteiger charge is -2.10. The van der Waals surface area contributed by atoms with Crippen molar-refractivity contribution in [2.45, 2.75) is 37.1 Å². The van der Waals surface area contributed by atoms with Gasteiger partial charge in [0.25, 0.3) is 0 Å². The molecule has 0 aliphatic carbocycles. The van der Waals surface area contributed by atoms with E-state index in [-0.39, 0.29) is 11.9 Å². The summed E-state index contributed by atoms with van der Waals surface area (Å²) in [4.78, 5) is 24.0. The van der Waals surface area contributed by atoms with Crippen LogP contribution in [0.1, 0.15) is 24.0 Å². The molecule has 8 nitrogen and oxygen atoms in total. The molecule has 1 saturated heterocycles. The highest BCUT2D eigenvalue weighted by atomic mass is 32.2. The molecule has 1 aliphatic heterocycles. The molecule has 3 N–H and O–H groups in total. The number of thioether (sulfide) groups is 1. The van der Waals surface area contributed by atoms with Crippen molar-refractivity contribution in [1.29, 1.82) is 0 Å². The van der Waals surface area contributed by atoms with Crippen LogP contribution < -0.4 is 16.0 Å². The number of hydrogen-bond donors (Lipinski definition) is 3. The number of ether oxygens (including phenoxy) is 1. The number of carbonyl (C=O) groups excluding carboxylic acids is 2. The first-order valence-corrected chi connectivity index (χ1v) is 10.8. The Bertz CT molecular complexity index is 836. The van der Waals surface area contributed by atoms with E-state index in [0.717, 1.165) is 30.6 Å². The van der Waals surface area contributed by atoms with Gasteiger partial charge in [0.15, 0.2) is 4.34 Å². The van der Waals surface area contributed by atoms with Crippen molar-refractivity contribution < 1.29 is 14.3 Å². The van der Waals surface area contributed by atoms with Crippen LogP contribution in [0.2, 0.25) is 0 Å². The second kappa shape index (κ2) is 9.85. The topological polar surface area (TPSA) is 105 Å². The summed E-state index contributed by atoms with van der Waals surface area (Å²) in [5, 5.41) is 17.0. The second-order valence-electron chi connectivity index (χ2n) is 6.43. The second-order valence-corrected chi connectivity index (χ2v) is 8.63. The molecule has 0 radical (unpaired) electrons. The Morgan fingerprint density at radius 2 is 2.18 bits per heavy atom. The molecule has 1 aliphatic rings. The van der Waals surface area contributed by atoms with Crippen LogP contribution in [0, 0.1) is 13.8 Å². The predicted molar refractivity (Wildman–Crippen MR) is 111 cm³/mol. The fourth-order valence-electron chi connectivity index (χ4n) is 2.68. The molecule has 0 spiro atoms. The fourth-order valence-corrected chi connectivity index (χ4v) is 4.23. The third-order valence-corrected chi connectivity index (χ3v) is 6.36. The van der Waals surface area contributed by atoms with E-state index in [2.05, 4.69) is 26.1 Å². The Balaban J connectivity index is 1.40. The molecule has 28 heavy (non-hydrogen) atoms. The SMILES string of the molecule is Cc1cccc(NC(=O)NC(=O)CSc2nnc(NC[C@H]3CCCO3)s2)c1C. The molecule has 2 aromatic rings. The minimum atomic E-state index is -0.546. The van der Waals surface area contributed by atoms with Crippen LogP contribution in [0.3, 0.4) is 0 Å². The smallest absolute Gasteiger partial charge is 0.325 e. The first-order chi connectivity index (χ1) is 13.5. The molecule has 0 saturated carbocycles. The maximum absolute atomic E-state index is 12.0. The van der Waals surface area contributed by atoms with Crippen molar-refractivity contribution in [3.05, 3.63) is 29.3 Å². The van der Waals surface area contributed by atoms with Crippen LogP contribution in [0.4, 0.5) is 15.6 Å². The van der Waals surface area contributed by atoms with E-state index in [1.807, 2.05) is 26.0 Å². The van der Waals surface area contributed by atoms with Gasteiger partial charge in [-0.15, -0.1) is 10.2 Å². The van der Waals surface area contributed by atoms with Gasteiger partial charge in [0.05, 0.1) is 11.9 Å². The van der Waals surface area contributed by atoms with Crippen molar-refractivity contribution >= 4 is 45.9 Å². The van der Waals surface area contributed by atoms with E-state index in [4.69, 9.17) is 4.74 Å². The minimum absolute atomic E-state index is 0.0839. The number of imide groups is 1.